The van der Waals surface area contributed by atoms with Gasteiger partial charge in [0.15, 0.2) is 6.04 Å². The first-order valence-electron chi connectivity index (χ1n) is 6.77. The van der Waals surface area contributed by atoms with Crippen LogP contribution in [0.25, 0.3) is 6.08 Å². The largest absolute Gasteiger partial charge is 0.479 e. The van der Waals surface area contributed by atoms with Gasteiger partial charge in [-0.1, -0.05) is 30.3 Å². The van der Waals surface area contributed by atoms with E-state index in [2.05, 4.69) is 5.32 Å². The predicted molar refractivity (Wildman–Crippen MR) is 78.9 cm³/mol. The van der Waals surface area contributed by atoms with E-state index in [0.717, 1.165) is 11.1 Å². The molecule has 5 heteroatoms. The maximum absolute atomic E-state index is 11.8. The van der Waals surface area contributed by atoms with Crippen LogP contribution in [0.4, 0.5) is 4.79 Å². The van der Waals surface area contributed by atoms with Crippen LogP contribution < -0.4 is 5.32 Å². The molecule has 2 rings (SSSR count). The minimum Gasteiger partial charge on any atom is -0.479 e. The topological polar surface area (TPSA) is 75.6 Å². The molecule has 0 bridgehead atoms. The molecule has 0 heterocycles. The molecule has 112 valence electrons. The Labute approximate surface area is 123 Å². The lowest BCUT2D eigenvalue weighted by molar-refractivity contribution is -0.138. The summed E-state index contributed by atoms with van der Waals surface area (Å²) in [6, 6.07) is 6.61. The van der Waals surface area contributed by atoms with Gasteiger partial charge in [0, 0.05) is 0 Å². The molecule has 0 fully saturated rings. The van der Waals surface area contributed by atoms with Crippen molar-refractivity contribution >= 4 is 18.1 Å². The Morgan fingerprint density at radius 1 is 1.29 bits per heavy atom. The number of aliphatic carboxylic acids is 1. The SMILES string of the molecule is CC(C)(C)OC(=O)NC(C(=O)O)C1=Cc2ccccc2C1. The third-order valence-corrected chi connectivity index (χ3v) is 3.07. The van der Waals surface area contributed by atoms with Gasteiger partial charge in [-0.3, -0.25) is 0 Å². The van der Waals surface area contributed by atoms with Crippen molar-refractivity contribution in [2.45, 2.75) is 38.8 Å². The van der Waals surface area contributed by atoms with Crippen molar-refractivity contribution in [2.24, 2.45) is 0 Å². The number of carbonyl (C=O) groups excluding carboxylic acids is 1. The Balaban J connectivity index is 2.12. The van der Waals surface area contributed by atoms with Gasteiger partial charge in [0.1, 0.15) is 5.60 Å². The van der Waals surface area contributed by atoms with Gasteiger partial charge in [0.2, 0.25) is 0 Å². The molecule has 0 radical (unpaired) electrons. The van der Waals surface area contributed by atoms with Crippen LogP contribution in [-0.4, -0.2) is 28.8 Å². The molecule has 1 aliphatic rings. The van der Waals surface area contributed by atoms with Crippen LogP contribution in [0.2, 0.25) is 0 Å². The minimum absolute atomic E-state index is 0.517. The molecule has 1 aliphatic carbocycles. The highest BCUT2D eigenvalue weighted by atomic mass is 16.6. The molecule has 0 spiro atoms. The van der Waals surface area contributed by atoms with Gasteiger partial charge in [-0.05, 0) is 43.9 Å². The van der Waals surface area contributed by atoms with Crippen LogP contribution in [0.3, 0.4) is 0 Å². The molecule has 0 saturated heterocycles. The number of nitrogens with one attached hydrogen (secondary N) is 1. The van der Waals surface area contributed by atoms with E-state index in [1.165, 1.54) is 0 Å². The molecule has 1 atom stereocenters. The number of hydrogen-bond acceptors (Lipinski definition) is 3. The predicted octanol–water partition coefficient (Wildman–Crippen LogP) is 2.60. The lowest BCUT2D eigenvalue weighted by atomic mass is 10.0. The molecule has 1 amide bonds. The summed E-state index contributed by atoms with van der Waals surface area (Å²) in [5.41, 5.74) is 2.03. The molecule has 1 aromatic rings. The maximum Gasteiger partial charge on any atom is 0.408 e. The molecule has 0 saturated carbocycles. The Morgan fingerprint density at radius 2 is 1.95 bits per heavy atom. The highest BCUT2D eigenvalue weighted by Crippen LogP contribution is 2.27. The van der Waals surface area contributed by atoms with E-state index in [1.54, 1.807) is 20.8 Å². The van der Waals surface area contributed by atoms with Crippen LogP contribution in [0.15, 0.2) is 29.8 Å². The van der Waals surface area contributed by atoms with Crippen LogP contribution in [0.5, 0.6) is 0 Å². The average Bonchev–Trinajstić information content (AvgIpc) is 2.76. The van der Waals surface area contributed by atoms with Gasteiger partial charge in [-0.2, -0.15) is 0 Å². The van der Waals surface area contributed by atoms with Crippen molar-refractivity contribution in [1.82, 2.24) is 5.32 Å². The summed E-state index contributed by atoms with van der Waals surface area (Å²) in [5, 5.41) is 11.8. The first-order valence-corrected chi connectivity index (χ1v) is 6.77. The van der Waals surface area contributed by atoms with E-state index in [9.17, 15) is 14.7 Å². The fraction of sp³-hybridized carbons (Fsp3) is 0.375. The zero-order chi connectivity index (χ0) is 15.6. The van der Waals surface area contributed by atoms with Gasteiger partial charge in [0.05, 0.1) is 0 Å². The van der Waals surface area contributed by atoms with Crippen molar-refractivity contribution < 1.29 is 19.4 Å². The number of carbonyl (C=O) groups is 2. The first-order chi connectivity index (χ1) is 9.76. The van der Waals surface area contributed by atoms with E-state index >= 15 is 0 Å². The summed E-state index contributed by atoms with van der Waals surface area (Å²) in [5.74, 6) is -1.10. The number of carboxylic acids is 1. The quantitative estimate of drug-likeness (QED) is 0.896. The van der Waals surface area contributed by atoms with Gasteiger partial charge in [-0.25, -0.2) is 9.59 Å². The standard InChI is InChI=1S/C16H19NO4/c1-16(2,3)21-15(20)17-13(14(18)19)12-8-10-6-4-5-7-11(10)9-12/h4-8,13H,9H2,1-3H3,(H,17,20)(H,18,19). The smallest absolute Gasteiger partial charge is 0.408 e. The summed E-state index contributed by atoms with van der Waals surface area (Å²) >= 11 is 0. The fourth-order valence-electron chi connectivity index (χ4n) is 2.23. The Kier molecular flexibility index (Phi) is 4.02. The lowest BCUT2D eigenvalue weighted by Crippen LogP contribution is -2.44. The van der Waals surface area contributed by atoms with Crippen molar-refractivity contribution in [3.8, 4) is 0 Å². The Bertz CT molecular complexity index is 599. The third kappa shape index (κ3) is 3.84. The lowest BCUT2D eigenvalue weighted by Gasteiger charge is -2.22. The number of fused-ring (bicyclic) bond motifs is 1. The third-order valence-electron chi connectivity index (χ3n) is 3.07. The second-order valence-electron chi connectivity index (χ2n) is 6.01. The number of benzene rings is 1. The molecule has 5 nitrogen and oxygen atoms in total. The number of ether oxygens (including phenoxy) is 1. The van der Waals surface area contributed by atoms with Crippen LogP contribution in [-0.2, 0) is 16.0 Å². The second kappa shape index (κ2) is 5.60. The molecular formula is C16H19NO4. The van der Waals surface area contributed by atoms with Gasteiger partial charge < -0.3 is 15.2 Å². The highest BCUT2D eigenvalue weighted by Gasteiger charge is 2.29. The van der Waals surface area contributed by atoms with Gasteiger partial charge >= 0.3 is 12.1 Å². The van der Waals surface area contributed by atoms with Crippen LogP contribution >= 0.6 is 0 Å². The number of alkyl carbamates (subject to hydrolysis) is 1. The van der Waals surface area contributed by atoms with Crippen LogP contribution in [0, 0.1) is 0 Å². The zero-order valence-electron chi connectivity index (χ0n) is 12.3. The number of carboxylic acid groups (broad SMARTS) is 1. The van der Waals surface area contributed by atoms with E-state index in [4.69, 9.17) is 4.74 Å². The van der Waals surface area contributed by atoms with Crippen molar-refractivity contribution in [3.05, 3.63) is 41.0 Å². The molecule has 1 aromatic carbocycles. The summed E-state index contributed by atoms with van der Waals surface area (Å²) in [7, 11) is 0. The summed E-state index contributed by atoms with van der Waals surface area (Å²) < 4.78 is 5.11. The molecule has 1 unspecified atom stereocenters. The minimum atomic E-state index is -1.10. The highest BCUT2D eigenvalue weighted by molar-refractivity contribution is 5.86. The molecule has 2 N–H and O–H groups in total. The first kappa shape index (κ1) is 15.1. The van der Waals surface area contributed by atoms with Gasteiger partial charge in [0.25, 0.3) is 0 Å². The zero-order valence-corrected chi connectivity index (χ0v) is 12.3. The van der Waals surface area contributed by atoms with E-state index in [0.29, 0.717) is 12.0 Å². The summed E-state index contributed by atoms with van der Waals surface area (Å²) in [6.45, 7) is 5.19. The van der Waals surface area contributed by atoms with Crippen molar-refractivity contribution in [2.75, 3.05) is 0 Å². The molecular weight excluding hydrogens is 270 g/mol. The Hall–Kier alpha value is -2.30. The number of amides is 1. The molecule has 0 aromatic heterocycles. The van der Waals surface area contributed by atoms with E-state index < -0.39 is 23.7 Å². The van der Waals surface area contributed by atoms with E-state index in [-0.39, 0.29) is 0 Å². The normalized spacial score (nSPS) is 14.9. The van der Waals surface area contributed by atoms with E-state index in [1.807, 2.05) is 30.3 Å². The van der Waals surface area contributed by atoms with Crippen molar-refractivity contribution in [1.29, 1.82) is 0 Å². The van der Waals surface area contributed by atoms with Crippen LogP contribution in [0.1, 0.15) is 31.9 Å². The van der Waals surface area contributed by atoms with Gasteiger partial charge in [-0.15, -0.1) is 0 Å². The average molecular weight is 289 g/mol. The monoisotopic (exact) mass is 289 g/mol. The second-order valence-corrected chi connectivity index (χ2v) is 6.01. The number of hydrogen-bond donors (Lipinski definition) is 2. The summed E-state index contributed by atoms with van der Waals surface area (Å²) in [6.07, 6.45) is 1.60. The molecule has 0 aliphatic heterocycles. The summed E-state index contributed by atoms with van der Waals surface area (Å²) in [4.78, 5) is 23.2. The fourth-order valence-corrected chi connectivity index (χ4v) is 2.23. The molecule has 21 heavy (non-hydrogen) atoms. The maximum atomic E-state index is 11.8. The van der Waals surface area contributed by atoms with Crippen molar-refractivity contribution in [3.63, 3.8) is 0 Å². The number of rotatable bonds is 3. The Morgan fingerprint density at radius 3 is 2.52 bits per heavy atom.